The number of carbonyl (C=O) groups excluding carboxylic acids is 3. The van der Waals surface area contributed by atoms with Crippen molar-refractivity contribution in [3.8, 4) is 0 Å². The molecule has 0 aliphatic rings. The van der Waals surface area contributed by atoms with Gasteiger partial charge in [0.25, 0.3) is 5.91 Å². The number of rotatable bonds is 13. The highest BCUT2D eigenvalue weighted by atomic mass is 19.1. The molecule has 0 fully saturated rings. The van der Waals surface area contributed by atoms with Crippen molar-refractivity contribution < 1.29 is 37.7 Å². The highest BCUT2D eigenvalue weighted by Gasteiger charge is 2.30. The molecule has 0 spiro atoms. The summed E-state index contributed by atoms with van der Waals surface area (Å²) in [5.41, 5.74) is 1.07. The van der Waals surface area contributed by atoms with Crippen molar-refractivity contribution in [2.24, 2.45) is 10.9 Å². The molecule has 0 aromatic heterocycles. The molecule has 0 unspecified atom stereocenters. The minimum Gasteiger partial charge on any atom is -0.493 e. The van der Waals surface area contributed by atoms with Gasteiger partial charge in [0.2, 0.25) is 6.79 Å². The summed E-state index contributed by atoms with van der Waals surface area (Å²) >= 11 is 0. The van der Waals surface area contributed by atoms with E-state index in [0.717, 1.165) is 5.56 Å². The van der Waals surface area contributed by atoms with Crippen molar-refractivity contribution in [1.82, 2.24) is 5.32 Å². The third-order valence-corrected chi connectivity index (χ3v) is 5.55. The number of aliphatic imine (C=N–C) groups is 1. The number of benzene rings is 1. The van der Waals surface area contributed by atoms with Crippen LogP contribution in [0.2, 0.25) is 0 Å². The lowest BCUT2D eigenvalue weighted by Crippen LogP contribution is -2.42. The largest absolute Gasteiger partial charge is 0.493 e. The van der Waals surface area contributed by atoms with E-state index in [4.69, 9.17) is 18.9 Å². The van der Waals surface area contributed by atoms with Crippen molar-refractivity contribution in [3.63, 3.8) is 0 Å². The first-order valence-corrected chi connectivity index (χ1v) is 11.8. The number of nitrogens with zero attached hydrogens (tertiary/aromatic N) is 1. The molecule has 0 radical (unpaired) electrons. The smallest absolute Gasteiger partial charge is 0.328 e. The normalized spacial score (nSPS) is 14.6. The van der Waals surface area contributed by atoms with Gasteiger partial charge in [-0.3, -0.25) is 14.6 Å². The van der Waals surface area contributed by atoms with Crippen LogP contribution in [0.4, 0.5) is 4.39 Å². The Balaban J connectivity index is 3.08. The molecule has 0 saturated carbocycles. The Kier molecular flexibility index (Phi) is 12.5. The molecule has 10 heteroatoms. The van der Waals surface area contributed by atoms with Crippen LogP contribution >= 0.6 is 0 Å². The summed E-state index contributed by atoms with van der Waals surface area (Å²) in [7, 11) is 1.36. The standard InChI is InChI=1S/C27H37FN2O7/c1-10-22(34-9)25(36-14-35-19(7)31)24(29-8)26(32)30-17(5)27(33)37-18(6)23(15(2)3)20-11-12-21(28)16(4)13-20/h10-13,15,17-18,23H,8,14H2,1-7,9H3,(H,30,32)/b22-10+,25-24+/t17-,18-,23+/m0/s1. The Hall–Kier alpha value is -3.69. The van der Waals surface area contributed by atoms with Gasteiger partial charge in [-0.15, -0.1) is 0 Å². The summed E-state index contributed by atoms with van der Waals surface area (Å²) in [6.07, 6.45) is 0.958. The average Bonchev–Trinajstić information content (AvgIpc) is 2.81. The molecule has 3 atom stereocenters. The first-order chi connectivity index (χ1) is 17.4. The van der Waals surface area contributed by atoms with Crippen LogP contribution in [0, 0.1) is 18.7 Å². The fraction of sp³-hybridized carbons (Fsp3) is 0.481. The van der Waals surface area contributed by atoms with Gasteiger partial charge in [-0.05, 0) is 63.6 Å². The van der Waals surface area contributed by atoms with Gasteiger partial charge in [-0.2, -0.15) is 0 Å². The molecule has 1 aromatic rings. The first-order valence-electron chi connectivity index (χ1n) is 11.8. The van der Waals surface area contributed by atoms with Gasteiger partial charge in [-0.25, -0.2) is 9.18 Å². The minimum absolute atomic E-state index is 0.0854. The fourth-order valence-electron chi connectivity index (χ4n) is 3.77. The molecule has 1 rings (SSSR count). The fourth-order valence-corrected chi connectivity index (χ4v) is 3.77. The molecule has 1 aromatic carbocycles. The summed E-state index contributed by atoms with van der Waals surface area (Å²) in [6.45, 7) is 14.6. The predicted molar refractivity (Wildman–Crippen MR) is 137 cm³/mol. The van der Waals surface area contributed by atoms with Crippen LogP contribution in [-0.4, -0.2) is 50.6 Å². The van der Waals surface area contributed by atoms with E-state index < -0.39 is 36.8 Å². The molecule has 0 saturated heterocycles. The zero-order valence-electron chi connectivity index (χ0n) is 22.7. The van der Waals surface area contributed by atoms with E-state index in [0.29, 0.717) is 5.56 Å². The molecule has 0 bridgehead atoms. The zero-order valence-corrected chi connectivity index (χ0v) is 22.7. The maximum atomic E-state index is 13.8. The van der Waals surface area contributed by atoms with Gasteiger partial charge in [0.05, 0.1) is 7.11 Å². The van der Waals surface area contributed by atoms with E-state index in [-0.39, 0.29) is 34.9 Å². The average molecular weight is 521 g/mol. The molecule has 1 amide bonds. The summed E-state index contributed by atoms with van der Waals surface area (Å²) in [6, 6.07) is 3.77. The molecular weight excluding hydrogens is 483 g/mol. The summed E-state index contributed by atoms with van der Waals surface area (Å²) < 4.78 is 34.9. The maximum absolute atomic E-state index is 13.8. The Labute approximate surface area is 217 Å². The molecule has 204 valence electrons. The van der Waals surface area contributed by atoms with Crippen LogP contribution in [0.1, 0.15) is 58.6 Å². The second-order valence-electron chi connectivity index (χ2n) is 8.71. The Morgan fingerprint density at radius 1 is 1.16 bits per heavy atom. The van der Waals surface area contributed by atoms with E-state index in [1.807, 2.05) is 13.8 Å². The van der Waals surface area contributed by atoms with Crippen molar-refractivity contribution >= 4 is 24.6 Å². The van der Waals surface area contributed by atoms with Crippen LogP contribution in [0.25, 0.3) is 0 Å². The monoisotopic (exact) mass is 520 g/mol. The summed E-state index contributed by atoms with van der Waals surface area (Å²) in [5, 5.41) is 2.52. The Bertz CT molecular complexity index is 1050. The SMILES string of the molecule is C=N/C(C(=O)N[C@@H](C)C(=O)O[C@@H](C)[C@H](c1ccc(F)c(C)c1)C(C)C)=C(OCOC(C)=O)\C(=C/C)OC. The number of hydrogen-bond acceptors (Lipinski definition) is 8. The first kappa shape index (κ1) is 31.3. The van der Waals surface area contributed by atoms with Crippen molar-refractivity contribution in [1.29, 1.82) is 0 Å². The van der Waals surface area contributed by atoms with Gasteiger partial charge < -0.3 is 24.3 Å². The number of aryl methyl sites for hydroxylation is 1. The molecule has 37 heavy (non-hydrogen) atoms. The third kappa shape index (κ3) is 9.04. The second-order valence-corrected chi connectivity index (χ2v) is 8.71. The topological polar surface area (TPSA) is 113 Å². The number of methoxy groups -OCH3 is 1. The van der Waals surface area contributed by atoms with Crippen LogP contribution in [-0.2, 0) is 33.3 Å². The second kappa shape index (κ2) is 14.8. The maximum Gasteiger partial charge on any atom is 0.328 e. The van der Waals surface area contributed by atoms with Gasteiger partial charge >= 0.3 is 11.9 Å². The van der Waals surface area contributed by atoms with Crippen LogP contribution in [0.3, 0.4) is 0 Å². The lowest BCUT2D eigenvalue weighted by molar-refractivity contribution is -0.153. The lowest BCUT2D eigenvalue weighted by atomic mass is 9.84. The molecular formula is C27H37FN2O7. The van der Waals surface area contributed by atoms with Gasteiger partial charge in [-0.1, -0.05) is 26.0 Å². The van der Waals surface area contributed by atoms with Gasteiger partial charge in [0, 0.05) is 12.8 Å². The number of esters is 2. The van der Waals surface area contributed by atoms with Crippen LogP contribution in [0.15, 0.2) is 46.5 Å². The Morgan fingerprint density at radius 2 is 1.81 bits per heavy atom. The predicted octanol–water partition coefficient (Wildman–Crippen LogP) is 4.31. The number of allylic oxidation sites excluding steroid dienone is 1. The highest BCUT2D eigenvalue weighted by molar-refractivity contribution is 5.97. The molecule has 0 heterocycles. The summed E-state index contributed by atoms with van der Waals surface area (Å²) in [4.78, 5) is 40.6. The van der Waals surface area contributed by atoms with Crippen molar-refractivity contribution in [2.45, 2.75) is 66.5 Å². The molecule has 1 N–H and O–H groups in total. The number of amides is 1. The summed E-state index contributed by atoms with van der Waals surface area (Å²) in [5.74, 6) is -2.44. The molecule has 0 aliphatic heterocycles. The number of ether oxygens (including phenoxy) is 4. The molecule has 0 aliphatic carbocycles. The van der Waals surface area contributed by atoms with Crippen LogP contribution in [0.5, 0.6) is 0 Å². The lowest BCUT2D eigenvalue weighted by Gasteiger charge is -2.29. The minimum atomic E-state index is -1.05. The van der Waals surface area contributed by atoms with E-state index in [2.05, 4.69) is 17.0 Å². The van der Waals surface area contributed by atoms with E-state index in [9.17, 15) is 18.8 Å². The quantitative estimate of drug-likeness (QED) is 0.103. The molecule has 9 nitrogen and oxygen atoms in total. The van der Waals surface area contributed by atoms with E-state index >= 15 is 0 Å². The number of halogens is 1. The number of hydrogen-bond donors (Lipinski definition) is 1. The van der Waals surface area contributed by atoms with Gasteiger partial charge in [0.15, 0.2) is 17.2 Å². The van der Waals surface area contributed by atoms with Crippen molar-refractivity contribution in [3.05, 3.63) is 58.4 Å². The number of nitrogens with one attached hydrogen (secondary N) is 1. The van der Waals surface area contributed by atoms with E-state index in [1.165, 1.54) is 33.1 Å². The third-order valence-electron chi connectivity index (χ3n) is 5.55. The van der Waals surface area contributed by atoms with Crippen molar-refractivity contribution in [2.75, 3.05) is 13.9 Å². The van der Waals surface area contributed by atoms with Crippen LogP contribution < -0.4 is 5.32 Å². The Morgan fingerprint density at radius 3 is 2.30 bits per heavy atom. The van der Waals surface area contributed by atoms with Gasteiger partial charge in [0.1, 0.15) is 18.0 Å². The highest BCUT2D eigenvalue weighted by Crippen LogP contribution is 2.31. The zero-order chi connectivity index (χ0) is 28.3. The van der Waals surface area contributed by atoms with E-state index in [1.54, 1.807) is 32.9 Å². The number of carbonyl (C=O) groups is 3.